The second-order valence-electron chi connectivity index (χ2n) is 5.72. The Morgan fingerprint density at radius 1 is 1.33 bits per heavy atom. The van der Waals surface area contributed by atoms with Crippen molar-refractivity contribution in [3.8, 4) is 0 Å². The van der Waals surface area contributed by atoms with Gasteiger partial charge in [-0.25, -0.2) is 8.42 Å². The number of alkyl halides is 1. The van der Waals surface area contributed by atoms with Crippen LogP contribution in [0.15, 0.2) is 29.2 Å². The molecule has 2 rings (SSSR count). The molecule has 1 aromatic rings. The second-order valence-corrected chi connectivity index (χ2v) is 8.59. The number of halogens is 1. The van der Waals surface area contributed by atoms with E-state index in [0.717, 1.165) is 36.9 Å². The van der Waals surface area contributed by atoms with E-state index in [1.165, 1.54) is 6.42 Å². The van der Waals surface area contributed by atoms with Gasteiger partial charge in [0.05, 0.1) is 16.3 Å². The molecule has 0 saturated carbocycles. The van der Waals surface area contributed by atoms with E-state index in [-0.39, 0.29) is 5.75 Å². The number of hydrogen-bond donors (Lipinski definition) is 0. The molecular weight excluding hydrogens is 350 g/mol. The van der Waals surface area contributed by atoms with Gasteiger partial charge >= 0.3 is 0 Å². The molecule has 3 nitrogen and oxygen atoms in total. The molecule has 21 heavy (non-hydrogen) atoms. The molecule has 1 aliphatic rings. The van der Waals surface area contributed by atoms with Crippen molar-refractivity contribution in [1.82, 2.24) is 0 Å². The Hall–Kier alpha value is -0.550. The molecule has 0 spiro atoms. The smallest absolute Gasteiger partial charge is 0.180 e. The Bertz CT molecular complexity index is 557. The van der Waals surface area contributed by atoms with Crippen molar-refractivity contribution >= 4 is 31.5 Å². The summed E-state index contributed by atoms with van der Waals surface area (Å²) < 4.78 is 24.9. The Morgan fingerprint density at radius 3 is 2.81 bits per heavy atom. The molecule has 0 aromatic heterocycles. The van der Waals surface area contributed by atoms with Crippen LogP contribution in [0.25, 0.3) is 0 Å². The minimum absolute atomic E-state index is 0.225. The number of para-hydroxylation sites is 1. The van der Waals surface area contributed by atoms with Gasteiger partial charge in [-0.05, 0) is 43.7 Å². The molecule has 0 radical (unpaired) electrons. The largest absolute Gasteiger partial charge is 0.370 e. The predicted molar refractivity (Wildman–Crippen MR) is 92.1 cm³/mol. The number of piperidine rings is 1. The number of nitrogens with zero attached hydrogens (tertiary/aromatic N) is 1. The van der Waals surface area contributed by atoms with Gasteiger partial charge in [-0.1, -0.05) is 35.0 Å². The van der Waals surface area contributed by atoms with E-state index in [9.17, 15) is 8.42 Å². The zero-order chi connectivity index (χ0) is 15.3. The molecule has 1 aromatic carbocycles. The maximum atomic E-state index is 12.5. The molecule has 0 N–H and O–H groups in total. The van der Waals surface area contributed by atoms with Crippen LogP contribution in [0.1, 0.15) is 32.6 Å². The van der Waals surface area contributed by atoms with E-state index >= 15 is 0 Å². The van der Waals surface area contributed by atoms with Crippen molar-refractivity contribution in [2.24, 2.45) is 5.92 Å². The minimum atomic E-state index is -3.17. The van der Waals surface area contributed by atoms with Crippen LogP contribution in [0.4, 0.5) is 5.69 Å². The van der Waals surface area contributed by atoms with Gasteiger partial charge in [-0.15, -0.1) is 0 Å². The molecule has 1 saturated heterocycles. The van der Waals surface area contributed by atoms with Crippen LogP contribution >= 0.6 is 15.9 Å². The molecule has 1 aliphatic heterocycles. The molecule has 5 heteroatoms. The van der Waals surface area contributed by atoms with Crippen LogP contribution in [0.5, 0.6) is 0 Å². The highest BCUT2D eigenvalue weighted by atomic mass is 79.9. The Kier molecular flexibility index (Phi) is 6.11. The molecule has 0 amide bonds. The second kappa shape index (κ2) is 7.63. The SMILES string of the molecule is CCCS(=O)(=O)c1ccccc1N1CCCC(CCBr)C1. The number of hydrogen-bond acceptors (Lipinski definition) is 3. The van der Waals surface area contributed by atoms with E-state index in [1.807, 2.05) is 25.1 Å². The van der Waals surface area contributed by atoms with Gasteiger partial charge in [0.1, 0.15) is 0 Å². The molecule has 1 unspecified atom stereocenters. The van der Waals surface area contributed by atoms with Gasteiger partial charge in [0.2, 0.25) is 0 Å². The lowest BCUT2D eigenvalue weighted by Crippen LogP contribution is -2.36. The van der Waals surface area contributed by atoms with Crippen LogP contribution in [-0.4, -0.2) is 32.6 Å². The maximum absolute atomic E-state index is 12.5. The van der Waals surface area contributed by atoms with Gasteiger partial charge in [0, 0.05) is 18.4 Å². The van der Waals surface area contributed by atoms with Crippen LogP contribution in [0.3, 0.4) is 0 Å². The number of anilines is 1. The summed E-state index contributed by atoms with van der Waals surface area (Å²) in [6.07, 6.45) is 4.19. The van der Waals surface area contributed by atoms with Crippen LogP contribution in [-0.2, 0) is 9.84 Å². The Morgan fingerprint density at radius 2 is 2.10 bits per heavy atom. The van der Waals surface area contributed by atoms with E-state index in [0.29, 0.717) is 17.2 Å². The fourth-order valence-corrected chi connectivity index (χ4v) is 5.24. The van der Waals surface area contributed by atoms with Crippen molar-refractivity contribution in [1.29, 1.82) is 0 Å². The number of benzene rings is 1. The first-order valence-corrected chi connectivity index (χ1v) is 10.5. The Balaban J connectivity index is 2.27. The first-order valence-electron chi connectivity index (χ1n) is 7.71. The van der Waals surface area contributed by atoms with E-state index in [2.05, 4.69) is 20.8 Å². The third-order valence-electron chi connectivity index (χ3n) is 4.05. The van der Waals surface area contributed by atoms with E-state index in [4.69, 9.17) is 0 Å². The zero-order valence-corrected chi connectivity index (χ0v) is 15.0. The van der Waals surface area contributed by atoms with Crippen molar-refractivity contribution < 1.29 is 8.42 Å². The molecule has 118 valence electrons. The van der Waals surface area contributed by atoms with Crippen molar-refractivity contribution in [2.75, 3.05) is 29.1 Å². The minimum Gasteiger partial charge on any atom is -0.370 e. The first-order chi connectivity index (χ1) is 10.1. The summed E-state index contributed by atoms with van der Waals surface area (Å²) >= 11 is 3.51. The normalized spacial score (nSPS) is 19.7. The maximum Gasteiger partial charge on any atom is 0.180 e. The molecule has 1 heterocycles. The zero-order valence-electron chi connectivity index (χ0n) is 12.6. The lowest BCUT2D eigenvalue weighted by Gasteiger charge is -2.35. The highest BCUT2D eigenvalue weighted by Gasteiger charge is 2.25. The highest BCUT2D eigenvalue weighted by molar-refractivity contribution is 9.09. The third kappa shape index (κ3) is 4.22. The van der Waals surface area contributed by atoms with Gasteiger partial charge in [-0.2, -0.15) is 0 Å². The number of sulfone groups is 1. The summed E-state index contributed by atoms with van der Waals surface area (Å²) in [7, 11) is -3.17. The summed E-state index contributed by atoms with van der Waals surface area (Å²) in [6.45, 7) is 3.83. The monoisotopic (exact) mass is 373 g/mol. The molecule has 0 bridgehead atoms. The fourth-order valence-electron chi connectivity index (χ4n) is 3.03. The van der Waals surface area contributed by atoms with Gasteiger partial charge in [-0.3, -0.25) is 0 Å². The summed E-state index contributed by atoms with van der Waals surface area (Å²) in [5.41, 5.74) is 0.894. The van der Waals surface area contributed by atoms with Crippen LogP contribution in [0.2, 0.25) is 0 Å². The topological polar surface area (TPSA) is 37.4 Å². The van der Waals surface area contributed by atoms with Gasteiger partial charge in [0.25, 0.3) is 0 Å². The first kappa shape index (κ1) is 16.8. The fraction of sp³-hybridized carbons (Fsp3) is 0.625. The number of rotatable bonds is 6. The average molecular weight is 374 g/mol. The molecule has 1 fully saturated rings. The van der Waals surface area contributed by atoms with Crippen LogP contribution < -0.4 is 4.90 Å². The molecular formula is C16H24BrNO2S. The quantitative estimate of drug-likeness (QED) is 0.710. The molecule has 0 aliphatic carbocycles. The lowest BCUT2D eigenvalue weighted by atomic mass is 9.95. The molecule has 1 atom stereocenters. The van der Waals surface area contributed by atoms with Gasteiger partial charge in [0.15, 0.2) is 9.84 Å². The summed E-state index contributed by atoms with van der Waals surface area (Å²) in [5, 5.41) is 1.02. The van der Waals surface area contributed by atoms with Crippen LogP contribution in [0, 0.1) is 5.92 Å². The summed E-state index contributed by atoms with van der Waals surface area (Å²) in [4.78, 5) is 2.77. The lowest BCUT2D eigenvalue weighted by molar-refractivity contribution is 0.406. The van der Waals surface area contributed by atoms with E-state index < -0.39 is 9.84 Å². The third-order valence-corrected chi connectivity index (χ3v) is 6.47. The standard InChI is InChI=1S/C16H24BrNO2S/c1-2-12-21(19,20)16-8-4-3-7-15(16)18-11-5-6-14(13-18)9-10-17/h3-4,7-8,14H,2,5-6,9-13H2,1H3. The van der Waals surface area contributed by atoms with Crippen molar-refractivity contribution in [3.63, 3.8) is 0 Å². The van der Waals surface area contributed by atoms with Gasteiger partial charge < -0.3 is 4.90 Å². The van der Waals surface area contributed by atoms with Crippen molar-refractivity contribution in [3.05, 3.63) is 24.3 Å². The van der Waals surface area contributed by atoms with E-state index in [1.54, 1.807) is 6.07 Å². The summed E-state index contributed by atoms with van der Waals surface area (Å²) in [6, 6.07) is 7.48. The highest BCUT2D eigenvalue weighted by Crippen LogP contribution is 2.31. The Labute approximate surface area is 136 Å². The average Bonchev–Trinajstić information content (AvgIpc) is 2.48. The predicted octanol–water partition coefficient (Wildman–Crippen LogP) is 3.87. The van der Waals surface area contributed by atoms with Crippen molar-refractivity contribution in [2.45, 2.75) is 37.5 Å². The summed E-state index contributed by atoms with van der Waals surface area (Å²) in [5.74, 6) is 0.878.